The molecule has 0 spiro atoms. The zero-order valence-corrected chi connectivity index (χ0v) is 11.2. The van der Waals surface area contributed by atoms with Crippen LogP contribution in [0.25, 0.3) is 0 Å². The number of nitrogens with zero attached hydrogens (tertiary/aromatic N) is 2. The summed E-state index contributed by atoms with van der Waals surface area (Å²) in [4.78, 5) is 0.165. The Hall–Kier alpha value is -1.37. The first-order valence-corrected chi connectivity index (χ1v) is 6.89. The standard InChI is InChI=1S/C12H18N2O3S/c1-4-6-14(7-5-2)18(16,17)12-8-11(10-15)13(3)9-12/h4-5,8-9,15H,1-2,6-7,10H2,3H3. The van der Waals surface area contributed by atoms with Crippen molar-refractivity contribution in [2.75, 3.05) is 13.1 Å². The lowest BCUT2D eigenvalue weighted by Crippen LogP contribution is -2.31. The Morgan fingerprint density at radius 2 is 1.94 bits per heavy atom. The van der Waals surface area contributed by atoms with Crippen molar-refractivity contribution in [3.8, 4) is 0 Å². The van der Waals surface area contributed by atoms with Gasteiger partial charge in [0.05, 0.1) is 6.61 Å². The number of hydrogen-bond donors (Lipinski definition) is 1. The van der Waals surface area contributed by atoms with Gasteiger partial charge in [0, 0.05) is 32.0 Å². The summed E-state index contributed by atoms with van der Waals surface area (Å²) in [6.45, 7) is 7.33. The number of aryl methyl sites for hydroxylation is 1. The van der Waals surface area contributed by atoms with Crippen LogP contribution in [0.1, 0.15) is 5.69 Å². The van der Waals surface area contributed by atoms with Crippen LogP contribution >= 0.6 is 0 Å². The van der Waals surface area contributed by atoms with Crippen LogP contribution in [0.5, 0.6) is 0 Å². The zero-order valence-electron chi connectivity index (χ0n) is 10.4. The van der Waals surface area contributed by atoms with Gasteiger partial charge < -0.3 is 9.67 Å². The first-order chi connectivity index (χ1) is 8.47. The smallest absolute Gasteiger partial charge is 0.245 e. The number of sulfonamides is 1. The van der Waals surface area contributed by atoms with Crippen LogP contribution in [0.2, 0.25) is 0 Å². The van der Waals surface area contributed by atoms with E-state index in [1.807, 2.05) is 0 Å². The summed E-state index contributed by atoms with van der Waals surface area (Å²) >= 11 is 0. The Labute approximate surface area is 108 Å². The summed E-state index contributed by atoms with van der Waals surface area (Å²) < 4.78 is 27.5. The molecule has 100 valence electrons. The van der Waals surface area contributed by atoms with Crippen LogP contribution in [-0.4, -0.2) is 35.5 Å². The molecule has 0 aliphatic rings. The van der Waals surface area contributed by atoms with E-state index in [1.54, 1.807) is 11.6 Å². The van der Waals surface area contributed by atoms with Gasteiger partial charge in [0.15, 0.2) is 0 Å². The van der Waals surface area contributed by atoms with Crippen molar-refractivity contribution in [2.24, 2.45) is 7.05 Å². The average molecular weight is 270 g/mol. The van der Waals surface area contributed by atoms with Crippen molar-refractivity contribution in [1.82, 2.24) is 8.87 Å². The number of aliphatic hydroxyl groups excluding tert-OH is 1. The van der Waals surface area contributed by atoms with Gasteiger partial charge in [0.1, 0.15) is 4.90 Å². The lowest BCUT2D eigenvalue weighted by Gasteiger charge is -2.17. The fourth-order valence-corrected chi connectivity index (χ4v) is 3.06. The third-order valence-corrected chi connectivity index (χ3v) is 4.34. The lowest BCUT2D eigenvalue weighted by atomic mass is 10.5. The molecule has 0 atom stereocenters. The molecule has 0 amide bonds. The lowest BCUT2D eigenvalue weighted by molar-refractivity contribution is 0.272. The van der Waals surface area contributed by atoms with Crippen LogP contribution in [0.15, 0.2) is 42.5 Å². The monoisotopic (exact) mass is 270 g/mol. The first-order valence-electron chi connectivity index (χ1n) is 5.45. The highest BCUT2D eigenvalue weighted by atomic mass is 32.2. The van der Waals surface area contributed by atoms with Gasteiger partial charge in [0.25, 0.3) is 0 Å². The van der Waals surface area contributed by atoms with Crippen molar-refractivity contribution in [3.05, 3.63) is 43.3 Å². The van der Waals surface area contributed by atoms with E-state index in [-0.39, 0.29) is 24.6 Å². The predicted octanol–water partition coefficient (Wildman–Crippen LogP) is 0.880. The second-order valence-corrected chi connectivity index (χ2v) is 5.77. The van der Waals surface area contributed by atoms with Crippen LogP contribution in [0.3, 0.4) is 0 Å². The average Bonchev–Trinajstić information content (AvgIpc) is 2.71. The van der Waals surface area contributed by atoms with E-state index in [9.17, 15) is 8.42 Å². The summed E-state index contributed by atoms with van der Waals surface area (Å²) in [5.74, 6) is 0. The molecule has 0 unspecified atom stereocenters. The van der Waals surface area contributed by atoms with Gasteiger partial charge in [-0.05, 0) is 6.07 Å². The molecular weight excluding hydrogens is 252 g/mol. The third kappa shape index (κ3) is 2.90. The number of aliphatic hydroxyl groups is 1. The van der Waals surface area contributed by atoms with Crippen LogP contribution in [0.4, 0.5) is 0 Å². The molecule has 0 fully saturated rings. The molecule has 0 saturated carbocycles. The molecule has 0 aliphatic heterocycles. The molecule has 0 saturated heterocycles. The summed E-state index contributed by atoms with van der Waals surface area (Å²) in [7, 11) is -1.89. The number of hydrogen-bond acceptors (Lipinski definition) is 3. The second-order valence-electron chi connectivity index (χ2n) is 3.84. The summed E-state index contributed by atoms with van der Waals surface area (Å²) in [5.41, 5.74) is 0.547. The van der Waals surface area contributed by atoms with Crippen LogP contribution in [0, 0.1) is 0 Å². The van der Waals surface area contributed by atoms with Crippen molar-refractivity contribution >= 4 is 10.0 Å². The molecule has 1 aromatic rings. The maximum absolute atomic E-state index is 12.3. The first kappa shape index (κ1) is 14.7. The van der Waals surface area contributed by atoms with Crippen molar-refractivity contribution in [1.29, 1.82) is 0 Å². The number of aromatic nitrogens is 1. The molecule has 1 aromatic heterocycles. The minimum absolute atomic E-state index is 0.165. The Balaban J connectivity index is 3.16. The van der Waals surface area contributed by atoms with Gasteiger partial charge in [0.2, 0.25) is 10.0 Å². The highest BCUT2D eigenvalue weighted by molar-refractivity contribution is 7.89. The van der Waals surface area contributed by atoms with Crippen LogP contribution in [-0.2, 0) is 23.7 Å². The van der Waals surface area contributed by atoms with Gasteiger partial charge in [-0.1, -0.05) is 12.2 Å². The largest absolute Gasteiger partial charge is 0.390 e. The molecule has 18 heavy (non-hydrogen) atoms. The summed E-state index contributed by atoms with van der Waals surface area (Å²) in [5, 5.41) is 9.08. The predicted molar refractivity (Wildman–Crippen MR) is 70.5 cm³/mol. The fourth-order valence-electron chi connectivity index (χ4n) is 1.58. The molecule has 0 aromatic carbocycles. The molecule has 1 N–H and O–H groups in total. The highest BCUT2D eigenvalue weighted by Gasteiger charge is 2.24. The topological polar surface area (TPSA) is 62.5 Å². The van der Waals surface area contributed by atoms with Gasteiger partial charge in [-0.3, -0.25) is 0 Å². The Morgan fingerprint density at radius 1 is 1.39 bits per heavy atom. The quantitative estimate of drug-likeness (QED) is 0.748. The molecule has 0 radical (unpaired) electrons. The van der Waals surface area contributed by atoms with E-state index in [0.29, 0.717) is 5.69 Å². The van der Waals surface area contributed by atoms with E-state index in [4.69, 9.17) is 5.11 Å². The van der Waals surface area contributed by atoms with E-state index in [2.05, 4.69) is 13.2 Å². The van der Waals surface area contributed by atoms with E-state index in [0.717, 1.165) is 0 Å². The third-order valence-electron chi connectivity index (χ3n) is 2.55. The molecule has 1 rings (SSSR count). The van der Waals surface area contributed by atoms with Crippen molar-refractivity contribution in [3.63, 3.8) is 0 Å². The Bertz CT molecular complexity index is 522. The molecular formula is C12H18N2O3S. The van der Waals surface area contributed by atoms with Crippen molar-refractivity contribution in [2.45, 2.75) is 11.5 Å². The van der Waals surface area contributed by atoms with E-state index < -0.39 is 10.0 Å². The minimum Gasteiger partial charge on any atom is -0.390 e. The fraction of sp³-hybridized carbons (Fsp3) is 0.333. The van der Waals surface area contributed by atoms with Gasteiger partial charge in [-0.25, -0.2) is 8.42 Å². The zero-order chi connectivity index (χ0) is 13.8. The molecule has 1 heterocycles. The SMILES string of the molecule is C=CCN(CC=C)S(=O)(=O)c1cc(CO)n(C)c1. The number of rotatable bonds is 7. The summed E-state index contributed by atoms with van der Waals surface area (Å²) in [6, 6.07) is 1.47. The van der Waals surface area contributed by atoms with Crippen molar-refractivity contribution < 1.29 is 13.5 Å². The van der Waals surface area contributed by atoms with Gasteiger partial charge in [-0.2, -0.15) is 4.31 Å². The molecule has 6 heteroatoms. The normalized spacial score (nSPS) is 11.7. The van der Waals surface area contributed by atoms with Crippen LogP contribution < -0.4 is 0 Å². The maximum atomic E-state index is 12.3. The Kier molecular flexibility index (Phi) is 4.89. The highest BCUT2D eigenvalue weighted by Crippen LogP contribution is 2.18. The van der Waals surface area contributed by atoms with Gasteiger partial charge in [-0.15, -0.1) is 13.2 Å². The minimum atomic E-state index is -3.58. The Morgan fingerprint density at radius 3 is 2.33 bits per heavy atom. The molecule has 5 nitrogen and oxygen atoms in total. The second kappa shape index (κ2) is 5.99. The molecule has 0 bridgehead atoms. The van der Waals surface area contributed by atoms with E-state index in [1.165, 1.54) is 28.7 Å². The summed E-state index contributed by atoms with van der Waals surface area (Å²) in [6.07, 6.45) is 4.54. The molecule has 0 aliphatic carbocycles. The maximum Gasteiger partial charge on any atom is 0.245 e. The van der Waals surface area contributed by atoms with E-state index >= 15 is 0 Å². The van der Waals surface area contributed by atoms with Gasteiger partial charge >= 0.3 is 0 Å².